The van der Waals surface area contributed by atoms with Crippen LogP contribution in [0, 0.1) is 0 Å². The predicted octanol–water partition coefficient (Wildman–Crippen LogP) is 3.33. The van der Waals surface area contributed by atoms with Gasteiger partial charge < -0.3 is 18.7 Å². The van der Waals surface area contributed by atoms with Crippen LogP contribution in [0.4, 0.5) is 0 Å². The molecule has 1 aromatic heterocycles. The molecule has 0 bridgehead atoms. The van der Waals surface area contributed by atoms with Crippen molar-refractivity contribution in [2.75, 3.05) is 14.2 Å². The minimum atomic E-state index is 0.170. The van der Waals surface area contributed by atoms with Crippen molar-refractivity contribution in [3.63, 3.8) is 0 Å². The highest BCUT2D eigenvalue weighted by Gasteiger charge is 2.10. The summed E-state index contributed by atoms with van der Waals surface area (Å²) < 4.78 is 21.2. The fraction of sp³-hybridized carbons (Fsp3) is 0.176. The molecule has 6 heteroatoms. The van der Waals surface area contributed by atoms with E-state index in [0.29, 0.717) is 23.2 Å². The molecule has 0 aliphatic heterocycles. The zero-order valence-corrected chi connectivity index (χ0v) is 12.9. The van der Waals surface area contributed by atoms with E-state index in [4.69, 9.17) is 18.7 Å². The molecule has 0 spiro atoms. The summed E-state index contributed by atoms with van der Waals surface area (Å²) in [4.78, 5) is 4.32. The molecule has 0 saturated heterocycles. The zero-order valence-electron chi connectivity index (χ0n) is 12.9. The lowest BCUT2D eigenvalue weighted by Gasteiger charge is -2.07. The van der Waals surface area contributed by atoms with Gasteiger partial charge in [0, 0.05) is 5.56 Å². The van der Waals surface area contributed by atoms with E-state index in [9.17, 15) is 0 Å². The van der Waals surface area contributed by atoms with Gasteiger partial charge in [0.05, 0.1) is 14.2 Å². The van der Waals surface area contributed by atoms with Crippen molar-refractivity contribution in [3.8, 4) is 28.6 Å². The fourth-order valence-corrected chi connectivity index (χ4v) is 2.05. The molecule has 3 rings (SSSR count). The number of hydrogen-bond donors (Lipinski definition) is 0. The molecule has 0 saturated carbocycles. The van der Waals surface area contributed by atoms with Crippen LogP contribution in [0.5, 0.6) is 17.2 Å². The lowest BCUT2D eigenvalue weighted by molar-refractivity contribution is 0.233. The van der Waals surface area contributed by atoms with Gasteiger partial charge in [0.1, 0.15) is 5.75 Å². The lowest BCUT2D eigenvalue weighted by Crippen LogP contribution is -1.97. The summed E-state index contributed by atoms with van der Waals surface area (Å²) in [5.74, 6) is 2.95. The average Bonchev–Trinajstić information content (AvgIpc) is 3.09. The Morgan fingerprint density at radius 3 is 2.35 bits per heavy atom. The van der Waals surface area contributed by atoms with Crippen molar-refractivity contribution in [1.29, 1.82) is 0 Å². The SMILES string of the molecule is COc1ccc(-c2noc(COc3ccccc3OC)n2)cc1. The summed E-state index contributed by atoms with van der Waals surface area (Å²) in [6, 6.07) is 14.8. The smallest absolute Gasteiger partial charge is 0.264 e. The number of methoxy groups -OCH3 is 2. The molecular formula is C17H16N2O4. The molecule has 0 fully saturated rings. The number of hydrogen-bond acceptors (Lipinski definition) is 6. The van der Waals surface area contributed by atoms with Crippen LogP contribution in [0.3, 0.4) is 0 Å². The summed E-state index contributed by atoms with van der Waals surface area (Å²) in [7, 11) is 3.22. The molecule has 0 radical (unpaired) electrons. The van der Waals surface area contributed by atoms with Crippen molar-refractivity contribution < 1.29 is 18.7 Å². The Labute approximate surface area is 133 Å². The Hall–Kier alpha value is -3.02. The molecule has 3 aromatic rings. The maximum absolute atomic E-state index is 5.66. The van der Waals surface area contributed by atoms with E-state index < -0.39 is 0 Å². The third-order valence-electron chi connectivity index (χ3n) is 3.24. The van der Waals surface area contributed by atoms with Crippen molar-refractivity contribution >= 4 is 0 Å². The van der Waals surface area contributed by atoms with Gasteiger partial charge in [-0.15, -0.1) is 0 Å². The van der Waals surface area contributed by atoms with E-state index in [1.165, 1.54) is 0 Å². The van der Waals surface area contributed by atoms with E-state index in [-0.39, 0.29) is 6.61 Å². The lowest BCUT2D eigenvalue weighted by atomic mass is 10.2. The molecule has 0 aliphatic carbocycles. The molecule has 0 N–H and O–H groups in total. The summed E-state index contributed by atoms with van der Waals surface area (Å²) in [5, 5.41) is 3.96. The molecule has 0 unspecified atom stereocenters. The van der Waals surface area contributed by atoms with Gasteiger partial charge in [-0.3, -0.25) is 0 Å². The Morgan fingerprint density at radius 2 is 1.65 bits per heavy atom. The maximum Gasteiger partial charge on any atom is 0.264 e. The van der Waals surface area contributed by atoms with E-state index >= 15 is 0 Å². The van der Waals surface area contributed by atoms with E-state index in [1.54, 1.807) is 14.2 Å². The van der Waals surface area contributed by atoms with Gasteiger partial charge in [0.25, 0.3) is 5.89 Å². The van der Waals surface area contributed by atoms with E-state index in [0.717, 1.165) is 11.3 Å². The highest BCUT2D eigenvalue weighted by molar-refractivity contribution is 5.55. The van der Waals surface area contributed by atoms with Crippen LogP contribution >= 0.6 is 0 Å². The van der Waals surface area contributed by atoms with Crippen molar-refractivity contribution in [3.05, 3.63) is 54.4 Å². The molecule has 0 atom stereocenters. The van der Waals surface area contributed by atoms with Crippen LogP contribution in [-0.2, 0) is 6.61 Å². The highest BCUT2D eigenvalue weighted by Crippen LogP contribution is 2.27. The van der Waals surface area contributed by atoms with Gasteiger partial charge in [0.2, 0.25) is 5.82 Å². The monoisotopic (exact) mass is 312 g/mol. The first-order valence-corrected chi connectivity index (χ1v) is 7.03. The van der Waals surface area contributed by atoms with Crippen LogP contribution in [0.2, 0.25) is 0 Å². The van der Waals surface area contributed by atoms with Crippen molar-refractivity contribution in [2.45, 2.75) is 6.61 Å². The normalized spacial score (nSPS) is 10.3. The van der Waals surface area contributed by atoms with Crippen LogP contribution in [0.15, 0.2) is 53.1 Å². The Balaban J connectivity index is 1.69. The second kappa shape index (κ2) is 6.83. The predicted molar refractivity (Wildman–Crippen MR) is 83.6 cm³/mol. The van der Waals surface area contributed by atoms with Crippen LogP contribution in [-0.4, -0.2) is 24.4 Å². The Morgan fingerprint density at radius 1 is 0.913 bits per heavy atom. The van der Waals surface area contributed by atoms with Gasteiger partial charge in [-0.2, -0.15) is 4.98 Å². The first-order valence-electron chi connectivity index (χ1n) is 7.03. The highest BCUT2D eigenvalue weighted by atomic mass is 16.5. The van der Waals surface area contributed by atoms with Gasteiger partial charge in [0.15, 0.2) is 18.1 Å². The summed E-state index contributed by atoms with van der Waals surface area (Å²) in [6.45, 7) is 0.170. The van der Waals surface area contributed by atoms with E-state index in [1.807, 2.05) is 48.5 Å². The first-order chi connectivity index (χ1) is 11.3. The number of para-hydroxylation sites is 2. The fourth-order valence-electron chi connectivity index (χ4n) is 2.05. The van der Waals surface area contributed by atoms with Crippen molar-refractivity contribution in [2.24, 2.45) is 0 Å². The minimum Gasteiger partial charge on any atom is -0.497 e. The molecule has 0 aliphatic rings. The van der Waals surface area contributed by atoms with Crippen LogP contribution < -0.4 is 14.2 Å². The molecule has 118 valence electrons. The van der Waals surface area contributed by atoms with Crippen molar-refractivity contribution in [1.82, 2.24) is 10.1 Å². The first kappa shape index (κ1) is 14.9. The van der Waals surface area contributed by atoms with Gasteiger partial charge in [-0.25, -0.2) is 0 Å². The van der Waals surface area contributed by atoms with Crippen LogP contribution in [0.25, 0.3) is 11.4 Å². The quantitative estimate of drug-likeness (QED) is 0.695. The minimum absolute atomic E-state index is 0.170. The zero-order chi connectivity index (χ0) is 16.1. The number of benzene rings is 2. The van der Waals surface area contributed by atoms with Gasteiger partial charge in [-0.1, -0.05) is 17.3 Å². The summed E-state index contributed by atoms with van der Waals surface area (Å²) in [5.41, 5.74) is 0.845. The molecule has 23 heavy (non-hydrogen) atoms. The molecule has 0 amide bonds. The maximum atomic E-state index is 5.66. The third-order valence-corrected chi connectivity index (χ3v) is 3.24. The van der Waals surface area contributed by atoms with E-state index in [2.05, 4.69) is 10.1 Å². The number of rotatable bonds is 6. The molecular weight excluding hydrogens is 296 g/mol. The summed E-state index contributed by atoms with van der Waals surface area (Å²) in [6.07, 6.45) is 0. The topological polar surface area (TPSA) is 66.6 Å². The number of nitrogens with zero attached hydrogens (tertiary/aromatic N) is 2. The molecule has 2 aromatic carbocycles. The number of aromatic nitrogens is 2. The third kappa shape index (κ3) is 3.42. The standard InChI is InChI=1S/C17H16N2O4/c1-20-13-9-7-12(8-10-13)17-18-16(23-19-17)11-22-15-6-4-3-5-14(15)21-2/h3-10H,11H2,1-2H3. The number of ether oxygens (including phenoxy) is 3. The largest absolute Gasteiger partial charge is 0.497 e. The van der Waals surface area contributed by atoms with Gasteiger partial charge >= 0.3 is 0 Å². The molecule has 1 heterocycles. The second-order valence-corrected chi connectivity index (χ2v) is 4.68. The van der Waals surface area contributed by atoms with Crippen LogP contribution in [0.1, 0.15) is 5.89 Å². The average molecular weight is 312 g/mol. The Bertz CT molecular complexity index is 768. The Kier molecular flexibility index (Phi) is 4.42. The second-order valence-electron chi connectivity index (χ2n) is 4.68. The summed E-state index contributed by atoms with van der Waals surface area (Å²) >= 11 is 0. The molecule has 6 nitrogen and oxygen atoms in total. The van der Waals surface area contributed by atoms with Gasteiger partial charge in [-0.05, 0) is 36.4 Å².